The highest BCUT2D eigenvalue weighted by atomic mass is 16.5. The molecular formula is C16H31NO2. The molecule has 0 aromatic carbocycles. The van der Waals surface area contributed by atoms with Crippen molar-refractivity contribution >= 4 is 0 Å². The molecule has 0 aromatic rings. The van der Waals surface area contributed by atoms with Crippen molar-refractivity contribution in [2.24, 2.45) is 11.3 Å². The molecule has 3 heteroatoms. The number of ether oxygens (including phenoxy) is 1. The maximum absolute atomic E-state index is 10.5. The highest BCUT2D eigenvalue weighted by molar-refractivity contribution is 4.89. The van der Waals surface area contributed by atoms with Crippen LogP contribution in [0.2, 0.25) is 0 Å². The number of likely N-dealkylation sites (N-methyl/N-ethyl adjacent to an activating group) is 1. The van der Waals surface area contributed by atoms with Crippen LogP contribution in [0.5, 0.6) is 0 Å². The SMILES string of the molecule is CN(CC1CCCCO1)CC1CCCC(C)(C)C1O. The smallest absolute Gasteiger partial charge is 0.0701 e. The molecule has 0 amide bonds. The van der Waals surface area contributed by atoms with E-state index >= 15 is 0 Å². The molecule has 1 heterocycles. The molecule has 0 spiro atoms. The second-order valence-corrected chi connectivity index (χ2v) is 7.30. The molecule has 19 heavy (non-hydrogen) atoms. The molecule has 0 radical (unpaired) electrons. The molecule has 3 atom stereocenters. The summed E-state index contributed by atoms with van der Waals surface area (Å²) in [5.41, 5.74) is 0.0884. The van der Waals surface area contributed by atoms with Gasteiger partial charge < -0.3 is 14.7 Å². The minimum absolute atomic E-state index is 0.0884. The molecule has 3 nitrogen and oxygen atoms in total. The second kappa shape index (κ2) is 6.55. The number of aliphatic hydroxyl groups excluding tert-OH is 1. The van der Waals surface area contributed by atoms with Gasteiger partial charge in [-0.25, -0.2) is 0 Å². The maximum atomic E-state index is 10.5. The molecule has 2 aliphatic rings. The van der Waals surface area contributed by atoms with Gasteiger partial charge in [-0.3, -0.25) is 0 Å². The summed E-state index contributed by atoms with van der Waals surface area (Å²) in [5, 5.41) is 10.5. The van der Waals surface area contributed by atoms with Crippen molar-refractivity contribution in [1.82, 2.24) is 4.90 Å². The van der Waals surface area contributed by atoms with Gasteiger partial charge in [0.05, 0.1) is 12.2 Å². The summed E-state index contributed by atoms with van der Waals surface area (Å²) >= 11 is 0. The Labute approximate surface area is 118 Å². The molecular weight excluding hydrogens is 238 g/mol. The fraction of sp³-hybridized carbons (Fsp3) is 1.00. The van der Waals surface area contributed by atoms with E-state index in [1.807, 2.05) is 0 Å². The third kappa shape index (κ3) is 4.17. The first-order valence-corrected chi connectivity index (χ1v) is 7.97. The summed E-state index contributed by atoms with van der Waals surface area (Å²) in [6.07, 6.45) is 7.54. The molecule has 2 fully saturated rings. The normalized spacial score (nSPS) is 35.5. The second-order valence-electron chi connectivity index (χ2n) is 7.30. The van der Waals surface area contributed by atoms with E-state index < -0.39 is 0 Å². The standard InChI is InChI=1S/C16H31NO2/c1-16(2)9-6-7-13(15(16)18)11-17(3)12-14-8-4-5-10-19-14/h13-15,18H,4-12H2,1-3H3. The van der Waals surface area contributed by atoms with E-state index in [2.05, 4.69) is 25.8 Å². The van der Waals surface area contributed by atoms with Crippen LogP contribution in [0.1, 0.15) is 52.4 Å². The minimum atomic E-state index is -0.157. The van der Waals surface area contributed by atoms with E-state index in [0.29, 0.717) is 12.0 Å². The lowest BCUT2D eigenvalue weighted by Crippen LogP contribution is -2.45. The molecule has 112 valence electrons. The van der Waals surface area contributed by atoms with Crippen molar-refractivity contribution in [3.05, 3.63) is 0 Å². The Morgan fingerprint density at radius 1 is 1.16 bits per heavy atom. The average molecular weight is 269 g/mol. The molecule has 1 saturated carbocycles. The van der Waals surface area contributed by atoms with Crippen molar-refractivity contribution in [2.75, 3.05) is 26.7 Å². The summed E-state index contributed by atoms with van der Waals surface area (Å²) in [7, 11) is 2.17. The third-order valence-corrected chi connectivity index (χ3v) is 4.98. The summed E-state index contributed by atoms with van der Waals surface area (Å²) in [4.78, 5) is 2.37. The zero-order valence-electron chi connectivity index (χ0n) is 12.9. The van der Waals surface area contributed by atoms with Crippen LogP contribution in [-0.2, 0) is 4.74 Å². The van der Waals surface area contributed by atoms with E-state index in [1.165, 1.54) is 32.1 Å². The van der Waals surface area contributed by atoms with Crippen LogP contribution in [-0.4, -0.2) is 49.0 Å². The Morgan fingerprint density at radius 2 is 1.95 bits per heavy atom. The average Bonchev–Trinajstić information content (AvgIpc) is 2.36. The van der Waals surface area contributed by atoms with Gasteiger partial charge in [0.15, 0.2) is 0 Å². The lowest BCUT2D eigenvalue weighted by atomic mass is 9.69. The molecule has 1 saturated heterocycles. The summed E-state index contributed by atoms with van der Waals surface area (Å²) in [6, 6.07) is 0. The summed E-state index contributed by atoms with van der Waals surface area (Å²) in [6.45, 7) is 7.36. The fourth-order valence-electron chi connectivity index (χ4n) is 3.73. The molecule has 3 unspecified atom stereocenters. The third-order valence-electron chi connectivity index (χ3n) is 4.98. The van der Waals surface area contributed by atoms with Gasteiger partial charge >= 0.3 is 0 Å². The maximum Gasteiger partial charge on any atom is 0.0701 e. The van der Waals surface area contributed by atoms with E-state index in [0.717, 1.165) is 26.1 Å². The first-order chi connectivity index (χ1) is 8.99. The number of hydrogen-bond acceptors (Lipinski definition) is 3. The lowest BCUT2D eigenvalue weighted by Gasteiger charge is -2.42. The minimum Gasteiger partial charge on any atom is -0.392 e. The van der Waals surface area contributed by atoms with Crippen LogP contribution < -0.4 is 0 Å². The molecule has 1 N–H and O–H groups in total. The Balaban J connectivity index is 1.79. The fourth-order valence-corrected chi connectivity index (χ4v) is 3.73. The topological polar surface area (TPSA) is 32.7 Å². The number of hydrogen-bond donors (Lipinski definition) is 1. The molecule has 1 aliphatic carbocycles. The van der Waals surface area contributed by atoms with Crippen LogP contribution in [0.15, 0.2) is 0 Å². The van der Waals surface area contributed by atoms with E-state index in [9.17, 15) is 5.11 Å². The quantitative estimate of drug-likeness (QED) is 0.851. The van der Waals surface area contributed by atoms with Gasteiger partial charge in [-0.15, -0.1) is 0 Å². The van der Waals surface area contributed by atoms with Gasteiger partial charge in [0.25, 0.3) is 0 Å². The zero-order valence-corrected chi connectivity index (χ0v) is 12.9. The molecule has 0 bridgehead atoms. The van der Waals surface area contributed by atoms with Crippen LogP contribution in [0, 0.1) is 11.3 Å². The van der Waals surface area contributed by atoms with Crippen LogP contribution in [0.3, 0.4) is 0 Å². The summed E-state index contributed by atoms with van der Waals surface area (Å²) < 4.78 is 5.80. The monoisotopic (exact) mass is 269 g/mol. The number of rotatable bonds is 4. The van der Waals surface area contributed by atoms with E-state index in [4.69, 9.17) is 4.74 Å². The van der Waals surface area contributed by atoms with Gasteiger partial charge in [0.2, 0.25) is 0 Å². The van der Waals surface area contributed by atoms with Crippen molar-refractivity contribution in [1.29, 1.82) is 0 Å². The lowest BCUT2D eigenvalue weighted by molar-refractivity contribution is -0.0498. The van der Waals surface area contributed by atoms with Gasteiger partial charge in [-0.1, -0.05) is 20.3 Å². The van der Waals surface area contributed by atoms with Gasteiger partial charge in [-0.2, -0.15) is 0 Å². The Kier molecular flexibility index (Phi) is 5.27. The van der Waals surface area contributed by atoms with Crippen molar-refractivity contribution in [3.8, 4) is 0 Å². The molecule has 0 aromatic heterocycles. The van der Waals surface area contributed by atoms with Crippen molar-refractivity contribution in [2.45, 2.75) is 64.6 Å². The van der Waals surface area contributed by atoms with E-state index in [-0.39, 0.29) is 11.5 Å². The zero-order chi connectivity index (χ0) is 13.9. The highest BCUT2D eigenvalue weighted by Crippen LogP contribution is 2.39. The first kappa shape index (κ1) is 15.3. The number of nitrogens with zero attached hydrogens (tertiary/aromatic N) is 1. The number of aliphatic hydroxyl groups is 1. The molecule has 1 aliphatic heterocycles. The Bertz CT molecular complexity index is 274. The van der Waals surface area contributed by atoms with Gasteiger partial charge in [-0.05, 0) is 50.5 Å². The Morgan fingerprint density at radius 3 is 2.63 bits per heavy atom. The largest absolute Gasteiger partial charge is 0.392 e. The Hall–Kier alpha value is -0.120. The highest BCUT2D eigenvalue weighted by Gasteiger charge is 2.38. The summed E-state index contributed by atoms with van der Waals surface area (Å²) in [5.74, 6) is 0.428. The van der Waals surface area contributed by atoms with Crippen LogP contribution in [0.4, 0.5) is 0 Å². The van der Waals surface area contributed by atoms with Crippen molar-refractivity contribution < 1.29 is 9.84 Å². The van der Waals surface area contributed by atoms with E-state index in [1.54, 1.807) is 0 Å². The van der Waals surface area contributed by atoms with Crippen LogP contribution >= 0.6 is 0 Å². The van der Waals surface area contributed by atoms with Crippen molar-refractivity contribution in [3.63, 3.8) is 0 Å². The van der Waals surface area contributed by atoms with Gasteiger partial charge in [0, 0.05) is 19.7 Å². The first-order valence-electron chi connectivity index (χ1n) is 7.97. The molecule has 2 rings (SSSR count). The predicted molar refractivity (Wildman–Crippen MR) is 78.2 cm³/mol. The predicted octanol–water partition coefficient (Wildman–Crippen LogP) is 2.67. The van der Waals surface area contributed by atoms with Gasteiger partial charge in [0.1, 0.15) is 0 Å². The van der Waals surface area contributed by atoms with Crippen LogP contribution in [0.25, 0.3) is 0 Å².